The van der Waals surface area contributed by atoms with E-state index in [0.29, 0.717) is 42.7 Å². The molecule has 0 saturated carbocycles. The van der Waals surface area contributed by atoms with Gasteiger partial charge in [0.2, 0.25) is 0 Å². The van der Waals surface area contributed by atoms with Crippen LogP contribution in [0.5, 0.6) is 11.5 Å². The molecule has 1 aromatic carbocycles. The molecule has 1 rings (SSSR count). The molecule has 118 valence electrons. The molecule has 0 bridgehead atoms. The summed E-state index contributed by atoms with van der Waals surface area (Å²) in [6.45, 7) is 8.50. The van der Waals surface area contributed by atoms with Crippen molar-refractivity contribution in [3.63, 3.8) is 0 Å². The van der Waals surface area contributed by atoms with Crippen LogP contribution in [0.4, 0.5) is 0 Å². The smallest absolute Gasteiger partial charge is 0.251 e. The Morgan fingerprint density at radius 3 is 2.43 bits per heavy atom. The molecule has 0 spiro atoms. The topological polar surface area (TPSA) is 59.6 Å². The summed E-state index contributed by atoms with van der Waals surface area (Å²) in [6, 6.07) is 5.26. The van der Waals surface area contributed by atoms with Crippen LogP contribution in [0.3, 0.4) is 0 Å². The minimum absolute atomic E-state index is 0.0954. The molecule has 0 aliphatic rings. The monoisotopic (exact) mass is 294 g/mol. The lowest BCUT2D eigenvalue weighted by molar-refractivity contribution is 0.0947. The Labute approximate surface area is 127 Å². The molecule has 5 nitrogen and oxygen atoms in total. The second-order valence-corrected chi connectivity index (χ2v) is 4.90. The van der Waals surface area contributed by atoms with E-state index in [1.54, 1.807) is 18.2 Å². The summed E-state index contributed by atoms with van der Waals surface area (Å²) in [5.41, 5.74) is 0.582. The number of carbonyl (C=O) groups excluding carboxylic acids is 1. The highest BCUT2D eigenvalue weighted by Crippen LogP contribution is 2.28. The molecule has 0 radical (unpaired) electrons. The lowest BCUT2D eigenvalue weighted by Crippen LogP contribution is -2.32. The fourth-order valence-electron chi connectivity index (χ4n) is 1.98. The van der Waals surface area contributed by atoms with E-state index in [0.717, 1.165) is 6.54 Å². The standard InChI is InChI=1S/C16H26N2O3/c1-5-20-14-8-7-13(9-15(14)21-6-2)16(19)18-11-12(3)10-17-4/h7-9,12,17H,5-6,10-11H2,1-4H3,(H,18,19). The summed E-state index contributed by atoms with van der Waals surface area (Å²) in [7, 11) is 1.90. The van der Waals surface area contributed by atoms with Crippen LogP contribution in [0.15, 0.2) is 18.2 Å². The highest BCUT2D eigenvalue weighted by molar-refractivity contribution is 5.94. The Hall–Kier alpha value is -1.75. The van der Waals surface area contributed by atoms with E-state index in [-0.39, 0.29) is 5.91 Å². The third-order valence-corrected chi connectivity index (χ3v) is 2.97. The predicted molar refractivity (Wildman–Crippen MR) is 84.2 cm³/mol. The van der Waals surface area contributed by atoms with Gasteiger partial charge in [-0.1, -0.05) is 6.92 Å². The number of benzene rings is 1. The summed E-state index contributed by atoms with van der Waals surface area (Å²) < 4.78 is 11.0. The van der Waals surface area contributed by atoms with Gasteiger partial charge in [-0.2, -0.15) is 0 Å². The normalized spacial score (nSPS) is 11.8. The molecular formula is C16H26N2O3. The van der Waals surface area contributed by atoms with Gasteiger partial charge in [-0.05, 0) is 51.6 Å². The number of rotatable bonds is 9. The molecule has 0 aliphatic carbocycles. The summed E-state index contributed by atoms with van der Waals surface area (Å²) in [6.07, 6.45) is 0. The van der Waals surface area contributed by atoms with E-state index in [1.807, 2.05) is 20.9 Å². The maximum absolute atomic E-state index is 12.2. The molecule has 2 N–H and O–H groups in total. The summed E-state index contributed by atoms with van der Waals surface area (Å²) in [5.74, 6) is 1.56. The molecule has 0 saturated heterocycles. The van der Waals surface area contributed by atoms with Gasteiger partial charge in [0.05, 0.1) is 13.2 Å². The van der Waals surface area contributed by atoms with E-state index in [2.05, 4.69) is 17.6 Å². The lowest BCUT2D eigenvalue weighted by atomic mass is 10.1. The van der Waals surface area contributed by atoms with Gasteiger partial charge in [-0.25, -0.2) is 0 Å². The van der Waals surface area contributed by atoms with Crippen molar-refractivity contribution in [2.24, 2.45) is 5.92 Å². The van der Waals surface area contributed by atoms with Crippen LogP contribution in [-0.4, -0.2) is 39.3 Å². The first-order chi connectivity index (χ1) is 10.1. The third-order valence-electron chi connectivity index (χ3n) is 2.97. The lowest BCUT2D eigenvalue weighted by Gasteiger charge is -2.14. The molecule has 1 atom stereocenters. The largest absolute Gasteiger partial charge is 0.490 e. The van der Waals surface area contributed by atoms with Gasteiger partial charge in [0, 0.05) is 12.1 Å². The van der Waals surface area contributed by atoms with Crippen LogP contribution >= 0.6 is 0 Å². The van der Waals surface area contributed by atoms with E-state index in [1.165, 1.54) is 0 Å². The van der Waals surface area contributed by atoms with Crippen LogP contribution in [0.25, 0.3) is 0 Å². The van der Waals surface area contributed by atoms with Crippen molar-refractivity contribution in [2.45, 2.75) is 20.8 Å². The molecule has 0 aliphatic heterocycles. The van der Waals surface area contributed by atoms with E-state index >= 15 is 0 Å². The molecule has 1 unspecified atom stereocenters. The maximum Gasteiger partial charge on any atom is 0.251 e. The minimum Gasteiger partial charge on any atom is -0.490 e. The molecular weight excluding hydrogens is 268 g/mol. The van der Waals surface area contributed by atoms with Crippen molar-refractivity contribution < 1.29 is 14.3 Å². The quantitative estimate of drug-likeness (QED) is 0.732. The van der Waals surface area contributed by atoms with Crippen molar-refractivity contribution in [3.05, 3.63) is 23.8 Å². The first kappa shape index (κ1) is 17.3. The Balaban J connectivity index is 2.73. The second-order valence-electron chi connectivity index (χ2n) is 4.90. The summed E-state index contributed by atoms with van der Waals surface area (Å²) in [4.78, 5) is 12.2. The van der Waals surface area contributed by atoms with Crippen LogP contribution in [0.2, 0.25) is 0 Å². The van der Waals surface area contributed by atoms with Crippen molar-refractivity contribution in [1.82, 2.24) is 10.6 Å². The molecule has 0 aromatic heterocycles. The number of nitrogens with one attached hydrogen (secondary N) is 2. The average Bonchev–Trinajstić information content (AvgIpc) is 2.47. The van der Waals surface area contributed by atoms with Gasteiger partial charge in [0.25, 0.3) is 5.91 Å². The van der Waals surface area contributed by atoms with Crippen molar-refractivity contribution in [1.29, 1.82) is 0 Å². The van der Waals surface area contributed by atoms with E-state index < -0.39 is 0 Å². The second kappa shape index (κ2) is 9.23. The summed E-state index contributed by atoms with van der Waals surface area (Å²) >= 11 is 0. The zero-order chi connectivity index (χ0) is 15.7. The maximum atomic E-state index is 12.2. The number of hydrogen-bond acceptors (Lipinski definition) is 4. The van der Waals surface area contributed by atoms with Gasteiger partial charge >= 0.3 is 0 Å². The van der Waals surface area contributed by atoms with E-state index in [4.69, 9.17) is 9.47 Å². The fourth-order valence-corrected chi connectivity index (χ4v) is 1.98. The van der Waals surface area contributed by atoms with Crippen LogP contribution in [0, 0.1) is 5.92 Å². The molecule has 1 aromatic rings. The Morgan fingerprint density at radius 2 is 1.81 bits per heavy atom. The van der Waals surface area contributed by atoms with Gasteiger partial charge in [-0.15, -0.1) is 0 Å². The molecule has 0 fully saturated rings. The zero-order valence-electron chi connectivity index (χ0n) is 13.4. The molecule has 1 amide bonds. The molecule has 21 heavy (non-hydrogen) atoms. The van der Waals surface area contributed by atoms with Crippen molar-refractivity contribution >= 4 is 5.91 Å². The third kappa shape index (κ3) is 5.63. The number of carbonyl (C=O) groups is 1. The van der Waals surface area contributed by atoms with Crippen molar-refractivity contribution in [2.75, 3.05) is 33.4 Å². The Morgan fingerprint density at radius 1 is 1.14 bits per heavy atom. The Bertz CT molecular complexity index is 449. The highest BCUT2D eigenvalue weighted by Gasteiger charge is 2.12. The van der Waals surface area contributed by atoms with Crippen LogP contribution < -0.4 is 20.1 Å². The average molecular weight is 294 g/mol. The van der Waals surface area contributed by atoms with Gasteiger partial charge < -0.3 is 20.1 Å². The fraction of sp³-hybridized carbons (Fsp3) is 0.562. The van der Waals surface area contributed by atoms with Gasteiger partial charge in [0.15, 0.2) is 11.5 Å². The zero-order valence-corrected chi connectivity index (χ0v) is 13.4. The first-order valence-electron chi connectivity index (χ1n) is 7.44. The molecule has 0 heterocycles. The Kier molecular flexibility index (Phi) is 7.61. The predicted octanol–water partition coefficient (Wildman–Crippen LogP) is 2.07. The van der Waals surface area contributed by atoms with Crippen LogP contribution in [-0.2, 0) is 0 Å². The SMILES string of the molecule is CCOc1ccc(C(=O)NCC(C)CNC)cc1OCC. The van der Waals surface area contributed by atoms with Gasteiger partial charge in [0.1, 0.15) is 0 Å². The number of amides is 1. The minimum atomic E-state index is -0.0954. The number of hydrogen-bond donors (Lipinski definition) is 2. The summed E-state index contributed by atoms with van der Waals surface area (Å²) in [5, 5.41) is 6.02. The first-order valence-corrected chi connectivity index (χ1v) is 7.44. The van der Waals surface area contributed by atoms with E-state index in [9.17, 15) is 4.79 Å². The molecule has 5 heteroatoms. The van der Waals surface area contributed by atoms with Crippen LogP contribution in [0.1, 0.15) is 31.1 Å². The van der Waals surface area contributed by atoms with Crippen molar-refractivity contribution in [3.8, 4) is 11.5 Å². The van der Waals surface area contributed by atoms with Gasteiger partial charge in [-0.3, -0.25) is 4.79 Å². The highest BCUT2D eigenvalue weighted by atomic mass is 16.5. The number of ether oxygens (including phenoxy) is 2.